The van der Waals surface area contributed by atoms with Crippen LogP contribution in [0.5, 0.6) is 11.5 Å². The number of carboxylic acids is 1. The lowest BCUT2D eigenvalue weighted by Gasteiger charge is -2.21. The van der Waals surface area contributed by atoms with Gasteiger partial charge in [0.05, 0.1) is 0 Å². The molecule has 1 aromatic heterocycles. The second-order valence-electron chi connectivity index (χ2n) is 5.32. The van der Waals surface area contributed by atoms with E-state index in [4.69, 9.17) is 19.0 Å². The molecule has 1 aromatic carbocycles. The van der Waals surface area contributed by atoms with E-state index in [0.29, 0.717) is 30.3 Å². The zero-order valence-corrected chi connectivity index (χ0v) is 13.2. The number of nitrogens with zero attached hydrogens (tertiary/aromatic N) is 2. The third kappa shape index (κ3) is 2.78. The molecule has 1 amide bonds. The summed E-state index contributed by atoms with van der Waals surface area (Å²) < 4.78 is 16.3. The number of oxazole rings is 1. The summed E-state index contributed by atoms with van der Waals surface area (Å²) >= 11 is 0. The van der Waals surface area contributed by atoms with Crippen molar-refractivity contribution in [3.05, 3.63) is 30.3 Å². The van der Waals surface area contributed by atoms with Crippen LogP contribution in [0.1, 0.15) is 17.4 Å². The molecule has 1 N–H and O–H groups in total. The number of likely N-dealkylation sites (N-methyl/N-ethyl adjacent to an activating group) is 1. The van der Waals surface area contributed by atoms with Crippen molar-refractivity contribution in [2.45, 2.75) is 13.0 Å². The van der Waals surface area contributed by atoms with Crippen molar-refractivity contribution in [1.82, 2.24) is 9.88 Å². The molecule has 0 aliphatic carbocycles. The first kappa shape index (κ1) is 15.9. The number of ether oxygens (including phenoxy) is 2. The molecule has 0 radical (unpaired) electrons. The summed E-state index contributed by atoms with van der Waals surface area (Å²) in [5, 5.41) is 9.05. The van der Waals surface area contributed by atoms with Crippen LogP contribution in [0.3, 0.4) is 0 Å². The fraction of sp³-hybridized carbons (Fsp3) is 0.312. The van der Waals surface area contributed by atoms with E-state index in [1.807, 2.05) is 0 Å². The van der Waals surface area contributed by atoms with Crippen LogP contribution in [0.4, 0.5) is 0 Å². The summed E-state index contributed by atoms with van der Waals surface area (Å²) in [6.45, 7) is 2.35. The van der Waals surface area contributed by atoms with E-state index in [1.54, 1.807) is 18.2 Å². The van der Waals surface area contributed by atoms with Crippen molar-refractivity contribution < 1.29 is 28.6 Å². The fourth-order valence-electron chi connectivity index (χ4n) is 2.30. The third-order valence-corrected chi connectivity index (χ3v) is 3.83. The third-order valence-electron chi connectivity index (χ3n) is 3.83. The number of benzene rings is 1. The molecule has 8 nitrogen and oxygen atoms in total. The van der Waals surface area contributed by atoms with Crippen LogP contribution in [0, 0.1) is 0 Å². The molecule has 1 aliphatic rings. The van der Waals surface area contributed by atoms with E-state index in [0.717, 1.165) is 11.3 Å². The van der Waals surface area contributed by atoms with Crippen LogP contribution in [-0.2, 0) is 4.79 Å². The summed E-state index contributed by atoms with van der Waals surface area (Å²) in [6, 6.07) is 4.17. The SMILES string of the molecule is CC(C(=O)O)N(C)C(=O)c1ncoc1-c1ccc2c(c1)OCCO2. The number of carboxylic acid groups (broad SMARTS) is 1. The van der Waals surface area contributed by atoms with Gasteiger partial charge >= 0.3 is 5.97 Å². The predicted molar refractivity (Wildman–Crippen MR) is 82.1 cm³/mol. The molecule has 0 bridgehead atoms. The Labute approximate surface area is 137 Å². The van der Waals surface area contributed by atoms with Gasteiger partial charge in [0, 0.05) is 12.6 Å². The maximum atomic E-state index is 12.5. The smallest absolute Gasteiger partial charge is 0.326 e. The Kier molecular flexibility index (Phi) is 4.11. The van der Waals surface area contributed by atoms with Crippen LogP contribution in [0.15, 0.2) is 29.0 Å². The highest BCUT2D eigenvalue weighted by Crippen LogP contribution is 2.35. The maximum Gasteiger partial charge on any atom is 0.326 e. The van der Waals surface area contributed by atoms with Crippen molar-refractivity contribution in [3.63, 3.8) is 0 Å². The molecule has 1 aliphatic heterocycles. The summed E-state index contributed by atoms with van der Waals surface area (Å²) in [5.74, 6) is -0.213. The zero-order chi connectivity index (χ0) is 17.3. The number of fused-ring (bicyclic) bond motifs is 1. The van der Waals surface area contributed by atoms with Crippen LogP contribution >= 0.6 is 0 Å². The fourth-order valence-corrected chi connectivity index (χ4v) is 2.30. The van der Waals surface area contributed by atoms with Gasteiger partial charge < -0.3 is 23.9 Å². The van der Waals surface area contributed by atoms with Gasteiger partial charge in [-0.05, 0) is 25.1 Å². The number of hydrogen-bond acceptors (Lipinski definition) is 6. The average Bonchev–Trinajstić information content (AvgIpc) is 3.08. The highest BCUT2D eigenvalue weighted by Gasteiger charge is 2.28. The molecular weight excluding hydrogens is 316 g/mol. The standard InChI is InChI=1S/C16H16N2O6/c1-9(16(20)21)18(2)15(19)13-14(24-8-17-13)10-3-4-11-12(7-10)23-6-5-22-11/h3-4,7-9H,5-6H2,1-2H3,(H,20,21). The Morgan fingerprint density at radius 3 is 2.67 bits per heavy atom. The van der Waals surface area contributed by atoms with Crippen molar-refractivity contribution in [3.8, 4) is 22.8 Å². The summed E-state index contributed by atoms with van der Waals surface area (Å²) in [4.78, 5) is 28.6. The predicted octanol–water partition coefficient (Wildman–Crippen LogP) is 1.66. The molecule has 1 atom stereocenters. The number of aliphatic carboxylic acids is 1. The summed E-state index contributed by atoms with van der Waals surface area (Å²) in [6.07, 6.45) is 1.15. The molecule has 0 fully saturated rings. The van der Waals surface area contributed by atoms with E-state index in [9.17, 15) is 9.59 Å². The molecule has 0 spiro atoms. The Morgan fingerprint density at radius 1 is 1.25 bits per heavy atom. The number of hydrogen-bond donors (Lipinski definition) is 1. The van der Waals surface area contributed by atoms with Crippen molar-refractivity contribution in [2.24, 2.45) is 0 Å². The highest BCUT2D eigenvalue weighted by molar-refractivity contribution is 5.99. The van der Waals surface area contributed by atoms with Crippen LogP contribution < -0.4 is 9.47 Å². The molecule has 24 heavy (non-hydrogen) atoms. The van der Waals surface area contributed by atoms with Crippen LogP contribution in [0.2, 0.25) is 0 Å². The normalized spacial score (nSPS) is 14.1. The van der Waals surface area contributed by atoms with Gasteiger partial charge in [-0.3, -0.25) is 4.79 Å². The van der Waals surface area contributed by atoms with Gasteiger partial charge in [0.2, 0.25) is 0 Å². The number of carbonyl (C=O) groups is 2. The first-order chi connectivity index (χ1) is 11.5. The molecule has 126 valence electrons. The van der Waals surface area contributed by atoms with Crippen molar-refractivity contribution in [1.29, 1.82) is 0 Å². The highest BCUT2D eigenvalue weighted by atomic mass is 16.6. The van der Waals surface area contributed by atoms with E-state index < -0.39 is 17.9 Å². The zero-order valence-electron chi connectivity index (χ0n) is 13.2. The lowest BCUT2D eigenvalue weighted by Crippen LogP contribution is -2.40. The van der Waals surface area contributed by atoms with E-state index >= 15 is 0 Å². The topological polar surface area (TPSA) is 102 Å². The van der Waals surface area contributed by atoms with Gasteiger partial charge in [0.15, 0.2) is 29.3 Å². The molecule has 1 unspecified atom stereocenters. The van der Waals surface area contributed by atoms with Gasteiger partial charge in [-0.1, -0.05) is 0 Å². The Balaban J connectivity index is 1.93. The molecule has 3 rings (SSSR count). The quantitative estimate of drug-likeness (QED) is 0.908. The lowest BCUT2D eigenvalue weighted by atomic mass is 10.1. The van der Waals surface area contributed by atoms with Crippen LogP contribution in [-0.4, -0.2) is 53.2 Å². The number of aromatic nitrogens is 1. The average molecular weight is 332 g/mol. The molecule has 2 heterocycles. The van der Waals surface area contributed by atoms with Gasteiger partial charge in [0.1, 0.15) is 19.3 Å². The van der Waals surface area contributed by atoms with E-state index in [-0.39, 0.29) is 11.5 Å². The van der Waals surface area contributed by atoms with Crippen LogP contribution in [0.25, 0.3) is 11.3 Å². The summed E-state index contributed by atoms with van der Waals surface area (Å²) in [7, 11) is 1.41. The number of rotatable bonds is 4. The minimum absolute atomic E-state index is 0.0438. The minimum Gasteiger partial charge on any atom is -0.486 e. The number of amides is 1. The Morgan fingerprint density at radius 2 is 1.96 bits per heavy atom. The second kappa shape index (κ2) is 6.23. The molecule has 2 aromatic rings. The van der Waals surface area contributed by atoms with E-state index in [1.165, 1.54) is 14.0 Å². The van der Waals surface area contributed by atoms with Gasteiger partial charge in [-0.25, -0.2) is 9.78 Å². The largest absolute Gasteiger partial charge is 0.486 e. The maximum absolute atomic E-state index is 12.5. The molecule has 8 heteroatoms. The first-order valence-electron chi connectivity index (χ1n) is 7.32. The molecule has 0 saturated carbocycles. The van der Waals surface area contributed by atoms with Gasteiger partial charge in [-0.2, -0.15) is 0 Å². The summed E-state index contributed by atoms with van der Waals surface area (Å²) in [5.41, 5.74) is 0.638. The Hall–Kier alpha value is -3.03. The molecular formula is C16H16N2O6. The second-order valence-corrected chi connectivity index (χ2v) is 5.32. The Bertz CT molecular complexity index is 785. The lowest BCUT2D eigenvalue weighted by molar-refractivity contribution is -0.141. The monoisotopic (exact) mass is 332 g/mol. The molecule has 0 saturated heterocycles. The number of carbonyl (C=O) groups excluding carboxylic acids is 1. The van der Waals surface area contributed by atoms with E-state index in [2.05, 4.69) is 4.98 Å². The van der Waals surface area contributed by atoms with Gasteiger partial charge in [-0.15, -0.1) is 0 Å². The first-order valence-corrected chi connectivity index (χ1v) is 7.32. The van der Waals surface area contributed by atoms with Crippen molar-refractivity contribution >= 4 is 11.9 Å². The minimum atomic E-state index is -1.10. The van der Waals surface area contributed by atoms with Gasteiger partial charge in [0.25, 0.3) is 5.91 Å². The van der Waals surface area contributed by atoms with Crippen molar-refractivity contribution in [2.75, 3.05) is 20.3 Å².